The molecule has 2 aliphatic carbocycles. The van der Waals surface area contributed by atoms with E-state index in [9.17, 15) is 19.2 Å². The molecule has 3 fully saturated rings. The highest BCUT2D eigenvalue weighted by Crippen LogP contribution is 2.45. The van der Waals surface area contributed by atoms with E-state index in [1.807, 2.05) is 51.1 Å². The van der Waals surface area contributed by atoms with Crippen molar-refractivity contribution in [2.45, 2.75) is 89.1 Å². The van der Waals surface area contributed by atoms with Crippen LogP contribution in [0.2, 0.25) is 0 Å². The first kappa shape index (κ1) is 32.1. The van der Waals surface area contributed by atoms with E-state index in [0.29, 0.717) is 6.42 Å². The number of ether oxygens (including phenoxy) is 3. The Morgan fingerprint density at radius 2 is 1.84 bits per heavy atom. The Bertz CT molecular complexity index is 1260. The molecule has 2 saturated carbocycles. The van der Waals surface area contributed by atoms with E-state index in [4.69, 9.17) is 14.2 Å². The van der Waals surface area contributed by atoms with Gasteiger partial charge in [-0.15, -0.1) is 6.58 Å². The van der Waals surface area contributed by atoms with Gasteiger partial charge in [-0.3, -0.25) is 9.59 Å². The van der Waals surface area contributed by atoms with E-state index in [-0.39, 0.29) is 31.6 Å². The van der Waals surface area contributed by atoms with Crippen LogP contribution >= 0.6 is 0 Å². The Labute approximate surface area is 253 Å². The molecular formula is C33H43N3O7. The molecule has 1 heterocycles. The Morgan fingerprint density at radius 3 is 2.44 bits per heavy atom. The zero-order valence-electron chi connectivity index (χ0n) is 25.5. The van der Waals surface area contributed by atoms with E-state index >= 15 is 0 Å². The van der Waals surface area contributed by atoms with Crippen LogP contribution < -0.4 is 10.6 Å². The van der Waals surface area contributed by atoms with Gasteiger partial charge in [0.1, 0.15) is 30.3 Å². The van der Waals surface area contributed by atoms with Crippen molar-refractivity contribution < 1.29 is 33.4 Å². The molecule has 0 radical (unpaired) electrons. The summed E-state index contributed by atoms with van der Waals surface area (Å²) in [7, 11) is 1.27. The summed E-state index contributed by atoms with van der Waals surface area (Å²) in [6.07, 6.45) is 4.48. The van der Waals surface area contributed by atoms with Crippen LogP contribution in [-0.2, 0) is 28.6 Å². The number of carbonyl (C=O) groups excluding carboxylic acids is 4. The SMILES string of the molecule is C=CC1C[C@]1(NC(=O)[C@@H]1C[C@@H](OCC#Cc2ccccc2)CN1C(=O)[C@@H](NC(=O)OC1CCCC1)C(C)(C)C)C(=O)OC. The Morgan fingerprint density at radius 1 is 1.14 bits per heavy atom. The zero-order chi connectivity index (χ0) is 31.2. The molecule has 4 rings (SSSR count). The summed E-state index contributed by atoms with van der Waals surface area (Å²) in [4.78, 5) is 54.8. The summed E-state index contributed by atoms with van der Waals surface area (Å²) in [5.41, 5.74) is -1.05. The average Bonchev–Trinajstić information content (AvgIpc) is 3.27. The largest absolute Gasteiger partial charge is 0.467 e. The van der Waals surface area contributed by atoms with Gasteiger partial charge in [0.05, 0.1) is 13.2 Å². The lowest BCUT2D eigenvalue weighted by atomic mass is 9.85. The van der Waals surface area contributed by atoms with Crippen molar-refractivity contribution in [1.82, 2.24) is 15.5 Å². The highest BCUT2D eigenvalue weighted by atomic mass is 16.6. The van der Waals surface area contributed by atoms with Gasteiger partial charge in [-0.1, -0.05) is 56.9 Å². The first-order chi connectivity index (χ1) is 20.5. The lowest BCUT2D eigenvalue weighted by Gasteiger charge is -2.35. The molecule has 1 aromatic carbocycles. The van der Waals surface area contributed by atoms with Crippen LogP contribution in [0.5, 0.6) is 0 Å². The number of amides is 3. The molecule has 2 N–H and O–H groups in total. The number of methoxy groups -OCH3 is 1. The van der Waals surface area contributed by atoms with Crippen molar-refractivity contribution >= 4 is 23.9 Å². The van der Waals surface area contributed by atoms with Crippen LogP contribution in [0.15, 0.2) is 43.0 Å². The molecule has 232 valence electrons. The Kier molecular flexibility index (Phi) is 10.2. The molecule has 1 unspecified atom stereocenters. The number of carbonyl (C=O) groups is 4. The Balaban J connectivity index is 1.51. The lowest BCUT2D eigenvalue weighted by molar-refractivity contribution is -0.148. The fraction of sp³-hybridized carbons (Fsp3) is 0.576. The molecule has 1 aromatic rings. The molecule has 3 amide bonds. The van der Waals surface area contributed by atoms with Gasteiger partial charge in [0, 0.05) is 24.4 Å². The fourth-order valence-corrected chi connectivity index (χ4v) is 5.84. The molecule has 10 nitrogen and oxygen atoms in total. The van der Waals surface area contributed by atoms with E-state index in [1.165, 1.54) is 12.0 Å². The maximum atomic E-state index is 14.1. The van der Waals surface area contributed by atoms with Crippen LogP contribution in [0.3, 0.4) is 0 Å². The molecule has 10 heteroatoms. The minimum atomic E-state index is -1.21. The molecule has 1 saturated heterocycles. The third kappa shape index (κ3) is 7.77. The predicted octanol–water partition coefficient (Wildman–Crippen LogP) is 3.34. The minimum absolute atomic E-state index is 0.106. The molecular weight excluding hydrogens is 550 g/mol. The van der Waals surface area contributed by atoms with Crippen molar-refractivity contribution in [1.29, 1.82) is 0 Å². The monoisotopic (exact) mass is 593 g/mol. The maximum Gasteiger partial charge on any atom is 0.408 e. The Hall–Kier alpha value is -3.84. The number of benzene rings is 1. The van der Waals surface area contributed by atoms with Gasteiger partial charge in [-0.2, -0.15) is 0 Å². The second-order valence-corrected chi connectivity index (χ2v) is 12.6. The molecule has 0 aromatic heterocycles. The number of nitrogens with zero attached hydrogens (tertiary/aromatic N) is 1. The van der Waals surface area contributed by atoms with Gasteiger partial charge in [0.15, 0.2) is 0 Å². The van der Waals surface area contributed by atoms with Crippen LogP contribution in [0.4, 0.5) is 4.79 Å². The first-order valence-corrected chi connectivity index (χ1v) is 14.9. The van der Waals surface area contributed by atoms with E-state index in [0.717, 1.165) is 31.2 Å². The summed E-state index contributed by atoms with van der Waals surface area (Å²) < 4.78 is 16.6. The smallest absolute Gasteiger partial charge is 0.408 e. The first-order valence-electron chi connectivity index (χ1n) is 14.9. The molecule has 1 aliphatic heterocycles. The van der Waals surface area contributed by atoms with E-state index in [1.54, 1.807) is 6.08 Å². The lowest BCUT2D eigenvalue weighted by Crippen LogP contribution is -2.59. The summed E-state index contributed by atoms with van der Waals surface area (Å²) >= 11 is 0. The van der Waals surface area contributed by atoms with Crippen LogP contribution in [0, 0.1) is 23.2 Å². The van der Waals surface area contributed by atoms with Crippen molar-refractivity contribution in [2.24, 2.45) is 11.3 Å². The van der Waals surface area contributed by atoms with Crippen molar-refractivity contribution in [3.63, 3.8) is 0 Å². The van der Waals surface area contributed by atoms with Crippen molar-refractivity contribution in [2.75, 3.05) is 20.3 Å². The van der Waals surface area contributed by atoms with Gasteiger partial charge >= 0.3 is 12.1 Å². The summed E-state index contributed by atoms with van der Waals surface area (Å²) in [5.74, 6) is 4.27. The van der Waals surface area contributed by atoms with Crippen LogP contribution in [0.25, 0.3) is 0 Å². The van der Waals surface area contributed by atoms with Gasteiger partial charge in [0.25, 0.3) is 0 Å². The van der Waals surface area contributed by atoms with Crippen molar-refractivity contribution in [3.8, 4) is 11.8 Å². The number of esters is 1. The maximum absolute atomic E-state index is 14.1. The number of hydrogen-bond acceptors (Lipinski definition) is 7. The topological polar surface area (TPSA) is 123 Å². The standard InChI is InChI=1S/C33H43N3O7/c1-6-23-20-33(23,30(39)41-5)35-28(37)26-19-25(42-18-12-15-22-13-8-7-9-14-22)21-36(26)29(38)27(32(2,3)4)34-31(40)43-24-16-10-11-17-24/h6-9,13-14,23-27H,1,10-11,16-21H2,2-5H3,(H,34,40)(H,35,37)/t23?,25-,26+,27-,33-/m1/s1. The number of likely N-dealkylation sites (tertiary alicyclic amines) is 1. The van der Waals surface area contributed by atoms with Crippen LogP contribution in [0.1, 0.15) is 64.9 Å². The third-order valence-electron chi connectivity index (χ3n) is 8.39. The number of hydrogen-bond donors (Lipinski definition) is 2. The van der Waals surface area contributed by atoms with Gasteiger partial charge in [0.2, 0.25) is 11.8 Å². The number of alkyl carbamates (subject to hydrolysis) is 1. The number of rotatable bonds is 9. The highest BCUT2D eigenvalue weighted by Gasteiger charge is 2.62. The fourth-order valence-electron chi connectivity index (χ4n) is 5.84. The van der Waals surface area contributed by atoms with Crippen LogP contribution in [-0.4, -0.2) is 78.9 Å². The summed E-state index contributed by atoms with van der Waals surface area (Å²) in [5, 5.41) is 5.62. The molecule has 0 spiro atoms. The summed E-state index contributed by atoms with van der Waals surface area (Å²) in [6, 6.07) is 7.59. The van der Waals surface area contributed by atoms with Crippen molar-refractivity contribution in [3.05, 3.63) is 48.6 Å². The molecule has 43 heavy (non-hydrogen) atoms. The minimum Gasteiger partial charge on any atom is -0.467 e. The second-order valence-electron chi connectivity index (χ2n) is 12.6. The quantitative estimate of drug-likeness (QED) is 0.256. The zero-order valence-corrected chi connectivity index (χ0v) is 25.5. The molecule has 3 aliphatic rings. The number of nitrogens with one attached hydrogen (secondary N) is 2. The van der Waals surface area contributed by atoms with Gasteiger partial charge in [-0.25, -0.2) is 9.59 Å². The third-order valence-corrected chi connectivity index (χ3v) is 8.39. The molecule has 5 atom stereocenters. The molecule has 0 bridgehead atoms. The normalized spacial score (nSPS) is 25.6. The average molecular weight is 594 g/mol. The van der Waals surface area contributed by atoms with Gasteiger partial charge in [-0.05, 0) is 49.7 Å². The summed E-state index contributed by atoms with van der Waals surface area (Å²) in [6.45, 7) is 9.51. The second kappa shape index (κ2) is 13.6. The van der Waals surface area contributed by atoms with Gasteiger partial charge < -0.3 is 29.7 Å². The highest BCUT2D eigenvalue weighted by molar-refractivity contribution is 5.96. The van der Waals surface area contributed by atoms with E-state index < -0.39 is 53.0 Å². The predicted molar refractivity (Wildman–Crippen MR) is 159 cm³/mol. The van der Waals surface area contributed by atoms with E-state index in [2.05, 4.69) is 29.1 Å².